The van der Waals surface area contributed by atoms with Crippen LogP contribution >= 0.6 is 0 Å². The molecule has 2 aromatic rings. The van der Waals surface area contributed by atoms with Crippen LogP contribution in [0.25, 0.3) is 0 Å². The fourth-order valence-electron chi connectivity index (χ4n) is 1.53. The van der Waals surface area contributed by atoms with Gasteiger partial charge in [-0.1, -0.05) is 30.3 Å². The molecule has 0 fully saturated rings. The van der Waals surface area contributed by atoms with Crippen molar-refractivity contribution >= 4 is 5.78 Å². The number of alkyl halides is 1. The molecular weight excluding hydrogens is 251 g/mol. The van der Waals surface area contributed by atoms with Crippen LogP contribution in [0.1, 0.15) is 16.1 Å². The standard InChI is InChI=1S/C14H11FO4/c1-9-13(11(16)7-8-18-9)19-14(15)12(17)10-5-3-2-4-6-10/h2-8,14H,1H3. The van der Waals surface area contributed by atoms with Gasteiger partial charge in [-0.3, -0.25) is 9.59 Å². The van der Waals surface area contributed by atoms with Crippen molar-refractivity contribution in [3.63, 3.8) is 0 Å². The van der Waals surface area contributed by atoms with Crippen molar-refractivity contribution in [3.8, 4) is 5.75 Å². The molecule has 0 aliphatic carbocycles. The predicted octanol–water partition coefficient (Wildman–Crippen LogP) is 2.51. The number of carbonyl (C=O) groups excluding carboxylic acids is 1. The van der Waals surface area contributed by atoms with Crippen molar-refractivity contribution in [2.75, 3.05) is 0 Å². The molecule has 0 aliphatic rings. The zero-order valence-electron chi connectivity index (χ0n) is 10.1. The molecule has 0 aliphatic heterocycles. The van der Waals surface area contributed by atoms with Crippen molar-refractivity contribution in [2.24, 2.45) is 0 Å². The van der Waals surface area contributed by atoms with Gasteiger partial charge in [-0.05, 0) is 6.92 Å². The Kier molecular flexibility index (Phi) is 3.75. The molecular formula is C14H11FO4. The Morgan fingerprint density at radius 1 is 1.26 bits per heavy atom. The minimum Gasteiger partial charge on any atom is -0.465 e. The predicted molar refractivity (Wildman–Crippen MR) is 66.0 cm³/mol. The van der Waals surface area contributed by atoms with Crippen LogP contribution < -0.4 is 10.2 Å². The minimum absolute atomic E-state index is 0.121. The molecule has 4 nitrogen and oxygen atoms in total. The number of aryl methyl sites for hydroxylation is 1. The molecule has 98 valence electrons. The van der Waals surface area contributed by atoms with E-state index in [-0.39, 0.29) is 17.1 Å². The van der Waals surface area contributed by atoms with Crippen LogP contribution in [0.4, 0.5) is 4.39 Å². The SMILES string of the molecule is Cc1occc(=O)c1OC(F)C(=O)c1ccccc1. The highest BCUT2D eigenvalue weighted by Gasteiger charge is 2.23. The van der Waals surface area contributed by atoms with Crippen LogP contribution in [0.15, 0.2) is 51.9 Å². The quantitative estimate of drug-likeness (QED) is 0.794. The van der Waals surface area contributed by atoms with Gasteiger partial charge in [0.25, 0.3) is 0 Å². The molecule has 1 atom stereocenters. The van der Waals surface area contributed by atoms with Crippen molar-refractivity contribution in [1.29, 1.82) is 0 Å². The first-order chi connectivity index (χ1) is 9.09. The summed E-state index contributed by atoms with van der Waals surface area (Å²) in [5, 5.41) is 0. The number of benzene rings is 1. The van der Waals surface area contributed by atoms with Gasteiger partial charge in [-0.25, -0.2) is 0 Å². The van der Waals surface area contributed by atoms with E-state index in [0.29, 0.717) is 0 Å². The second-order valence-electron chi connectivity index (χ2n) is 3.83. The van der Waals surface area contributed by atoms with Gasteiger partial charge in [0.15, 0.2) is 0 Å². The van der Waals surface area contributed by atoms with Gasteiger partial charge in [0, 0.05) is 11.6 Å². The van der Waals surface area contributed by atoms with Crippen LogP contribution in [0.3, 0.4) is 0 Å². The van der Waals surface area contributed by atoms with E-state index in [4.69, 9.17) is 9.15 Å². The van der Waals surface area contributed by atoms with Crippen LogP contribution in [-0.4, -0.2) is 12.1 Å². The summed E-state index contributed by atoms with van der Waals surface area (Å²) in [6, 6.07) is 8.98. The molecule has 2 rings (SSSR count). The molecule has 19 heavy (non-hydrogen) atoms. The van der Waals surface area contributed by atoms with Gasteiger partial charge in [-0.2, -0.15) is 4.39 Å². The number of ether oxygens (including phenoxy) is 1. The summed E-state index contributed by atoms with van der Waals surface area (Å²) in [5.41, 5.74) is -0.361. The average Bonchev–Trinajstić information content (AvgIpc) is 2.43. The third-order valence-corrected chi connectivity index (χ3v) is 2.49. The molecule has 1 heterocycles. The number of rotatable bonds is 4. The maximum absolute atomic E-state index is 13.8. The number of ketones is 1. The summed E-state index contributed by atoms with van der Waals surface area (Å²) >= 11 is 0. The Bertz CT molecular complexity index is 633. The van der Waals surface area contributed by atoms with Gasteiger partial charge in [0.05, 0.1) is 6.26 Å². The van der Waals surface area contributed by atoms with Crippen LogP contribution in [-0.2, 0) is 0 Å². The Morgan fingerprint density at radius 2 is 1.95 bits per heavy atom. The van der Waals surface area contributed by atoms with Gasteiger partial charge >= 0.3 is 6.36 Å². The number of hydrogen-bond donors (Lipinski definition) is 0. The Hall–Kier alpha value is -2.43. The molecule has 0 spiro atoms. The topological polar surface area (TPSA) is 56.5 Å². The molecule has 0 radical (unpaired) electrons. The van der Waals surface area contributed by atoms with Crippen molar-refractivity contribution in [3.05, 3.63) is 64.2 Å². The molecule has 1 aromatic carbocycles. The molecule has 5 heteroatoms. The van der Waals surface area contributed by atoms with E-state index in [0.717, 1.165) is 6.07 Å². The van der Waals surface area contributed by atoms with Gasteiger partial charge in [0.2, 0.25) is 17.0 Å². The lowest BCUT2D eigenvalue weighted by Gasteiger charge is -2.10. The van der Waals surface area contributed by atoms with Crippen LogP contribution in [0.2, 0.25) is 0 Å². The van der Waals surface area contributed by atoms with Crippen molar-refractivity contribution in [2.45, 2.75) is 13.3 Å². The molecule has 0 amide bonds. The van der Waals surface area contributed by atoms with E-state index in [1.54, 1.807) is 18.2 Å². The second-order valence-corrected chi connectivity index (χ2v) is 3.83. The molecule has 1 unspecified atom stereocenters. The van der Waals surface area contributed by atoms with E-state index < -0.39 is 17.6 Å². The minimum atomic E-state index is -2.24. The summed E-state index contributed by atoms with van der Waals surface area (Å²) in [6.07, 6.45) is -1.07. The highest BCUT2D eigenvalue weighted by atomic mass is 19.1. The molecule has 0 saturated carbocycles. The summed E-state index contributed by atoms with van der Waals surface area (Å²) in [6.45, 7) is 1.45. The first kappa shape index (κ1) is 13.0. The zero-order valence-corrected chi connectivity index (χ0v) is 10.1. The number of hydrogen-bond acceptors (Lipinski definition) is 4. The monoisotopic (exact) mass is 262 g/mol. The average molecular weight is 262 g/mol. The number of halogens is 1. The summed E-state index contributed by atoms with van der Waals surface area (Å²) in [5.74, 6) is -1.02. The van der Waals surface area contributed by atoms with Gasteiger partial charge in [-0.15, -0.1) is 0 Å². The zero-order chi connectivity index (χ0) is 13.8. The van der Waals surface area contributed by atoms with Crippen molar-refractivity contribution < 1.29 is 18.3 Å². The largest absolute Gasteiger partial charge is 0.465 e. The molecule has 0 saturated heterocycles. The molecule has 1 aromatic heterocycles. The summed E-state index contributed by atoms with van der Waals surface area (Å²) in [7, 11) is 0. The molecule has 0 bridgehead atoms. The Morgan fingerprint density at radius 3 is 2.58 bits per heavy atom. The van der Waals surface area contributed by atoms with E-state index >= 15 is 0 Å². The fourth-order valence-corrected chi connectivity index (χ4v) is 1.53. The first-order valence-electron chi connectivity index (χ1n) is 5.58. The fraction of sp³-hybridized carbons (Fsp3) is 0.143. The first-order valence-corrected chi connectivity index (χ1v) is 5.58. The van der Waals surface area contributed by atoms with E-state index in [1.165, 1.54) is 25.3 Å². The van der Waals surface area contributed by atoms with Crippen LogP contribution in [0.5, 0.6) is 5.75 Å². The van der Waals surface area contributed by atoms with E-state index in [1.807, 2.05) is 0 Å². The Balaban J connectivity index is 2.20. The Labute approximate surface area is 108 Å². The summed E-state index contributed by atoms with van der Waals surface area (Å²) < 4.78 is 23.5. The van der Waals surface area contributed by atoms with Gasteiger partial charge < -0.3 is 9.15 Å². The van der Waals surface area contributed by atoms with Crippen molar-refractivity contribution in [1.82, 2.24) is 0 Å². The maximum atomic E-state index is 13.8. The third-order valence-electron chi connectivity index (χ3n) is 2.49. The smallest absolute Gasteiger partial charge is 0.301 e. The highest BCUT2D eigenvalue weighted by Crippen LogP contribution is 2.15. The summed E-state index contributed by atoms with van der Waals surface area (Å²) in [4.78, 5) is 23.2. The van der Waals surface area contributed by atoms with Gasteiger partial charge in [0.1, 0.15) is 5.76 Å². The van der Waals surface area contributed by atoms with Crippen LogP contribution in [0, 0.1) is 6.92 Å². The number of carbonyl (C=O) groups is 1. The normalized spacial score (nSPS) is 11.9. The second kappa shape index (κ2) is 5.48. The third kappa shape index (κ3) is 2.88. The highest BCUT2D eigenvalue weighted by molar-refractivity contribution is 5.98. The number of Topliss-reactive ketones (excluding diaryl/α,β-unsaturated/α-hetero) is 1. The lowest BCUT2D eigenvalue weighted by Crippen LogP contribution is -2.25. The maximum Gasteiger partial charge on any atom is 0.301 e. The molecule has 0 N–H and O–H groups in total. The van der Waals surface area contributed by atoms with E-state index in [2.05, 4.69) is 0 Å². The van der Waals surface area contributed by atoms with E-state index in [9.17, 15) is 14.0 Å². The lowest BCUT2D eigenvalue weighted by molar-refractivity contribution is 0.0433. The lowest BCUT2D eigenvalue weighted by atomic mass is 10.1.